The molecule has 196 valence electrons. The third kappa shape index (κ3) is 6.05. The number of aromatic nitrogens is 4. The Morgan fingerprint density at radius 2 is 1.65 bits per heavy atom. The topological polar surface area (TPSA) is 155 Å². The second-order valence-electron chi connectivity index (χ2n) is 8.21. The highest BCUT2D eigenvalue weighted by Crippen LogP contribution is 2.33. The minimum Gasteiger partial charge on any atom is -0.493 e. The van der Waals surface area contributed by atoms with Crippen molar-refractivity contribution in [3.8, 4) is 17.2 Å². The van der Waals surface area contributed by atoms with Crippen molar-refractivity contribution in [2.45, 2.75) is 6.92 Å². The number of methoxy groups -OCH3 is 2. The van der Waals surface area contributed by atoms with Crippen molar-refractivity contribution in [3.63, 3.8) is 0 Å². The van der Waals surface area contributed by atoms with Crippen LogP contribution in [-0.4, -0.2) is 88.7 Å². The van der Waals surface area contributed by atoms with Gasteiger partial charge in [0.1, 0.15) is 12.4 Å². The van der Waals surface area contributed by atoms with Gasteiger partial charge in [0.15, 0.2) is 11.5 Å². The Bertz CT molecular complexity index is 1440. The molecule has 0 amide bonds. The van der Waals surface area contributed by atoms with Crippen LogP contribution in [0.3, 0.4) is 0 Å². The summed E-state index contributed by atoms with van der Waals surface area (Å²) in [6, 6.07) is 8.65. The number of nitrogens with zero attached hydrogens (tertiary/aromatic N) is 4. The number of rotatable bonds is 12. The summed E-state index contributed by atoms with van der Waals surface area (Å²) >= 11 is 0. The van der Waals surface area contributed by atoms with Crippen LogP contribution in [0.4, 0.5) is 11.9 Å². The summed E-state index contributed by atoms with van der Waals surface area (Å²) in [5.41, 5.74) is 1.50. The number of nitrogens with one attached hydrogen (secondary N) is 2. The summed E-state index contributed by atoms with van der Waals surface area (Å²) in [7, 11) is 3.12. The van der Waals surface area contributed by atoms with E-state index in [2.05, 4.69) is 25.3 Å². The number of fused-ring (bicyclic) bond motifs is 2. The van der Waals surface area contributed by atoms with Crippen molar-refractivity contribution in [2.24, 2.45) is 0 Å². The summed E-state index contributed by atoms with van der Waals surface area (Å²) in [5.74, 6) is 2.12. The van der Waals surface area contributed by atoms with E-state index >= 15 is 0 Å². The Hall–Kier alpha value is -4.00. The molecule has 0 spiro atoms. The zero-order valence-corrected chi connectivity index (χ0v) is 20.9. The van der Waals surface area contributed by atoms with Crippen LogP contribution in [-0.2, 0) is 0 Å². The number of H-pyrrole nitrogens is 1. The van der Waals surface area contributed by atoms with Gasteiger partial charge in [-0.25, -0.2) is 15.0 Å². The van der Waals surface area contributed by atoms with Crippen LogP contribution < -0.4 is 25.1 Å². The molecule has 4 aromatic rings. The molecule has 12 nitrogen and oxygen atoms in total. The van der Waals surface area contributed by atoms with Gasteiger partial charge in [-0.1, -0.05) is 0 Å². The summed E-state index contributed by atoms with van der Waals surface area (Å²) < 4.78 is 16.5. The van der Waals surface area contributed by atoms with Crippen molar-refractivity contribution in [3.05, 3.63) is 46.4 Å². The van der Waals surface area contributed by atoms with E-state index in [1.54, 1.807) is 38.5 Å². The third-order valence-corrected chi connectivity index (χ3v) is 5.81. The quantitative estimate of drug-likeness (QED) is 0.220. The number of benzene rings is 2. The number of aryl methyl sites for hydroxylation is 1. The van der Waals surface area contributed by atoms with E-state index in [1.807, 2.05) is 17.9 Å². The number of hydrogen-bond donors (Lipinski definition) is 4. The van der Waals surface area contributed by atoms with Gasteiger partial charge in [-0.05, 0) is 31.2 Å². The predicted octanol–water partition coefficient (Wildman–Crippen LogP) is 1.60. The van der Waals surface area contributed by atoms with Crippen molar-refractivity contribution in [1.29, 1.82) is 0 Å². The van der Waals surface area contributed by atoms with Crippen LogP contribution in [0.5, 0.6) is 17.2 Å². The molecular weight excluding hydrogens is 480 g/mol. The first-order valence-corrected chi connectivity index (χ1v) is 11.7. The summed E-state index contributed by atoms with van der Waals surface area (Å²) in [4.78, 5) is 30.9. The van der Waals surface area contributed by atoms with E-state index in [1.165, 1.54) is 0 Å². The van der Waals surface area contributed by atoms with E-state index in [-0.39, 0.29) is 30.7 Å². The maximum Gasteiger partial charge on any atom is 0.260 e. The first-order valence-electron chi connectivity index (χ1n) is 11.7. The lowest BCUT2D eigenvalue weighted by Crippen LogP contribution is -2.33. The number of aliphatic hydroxyl groups excluding tert-OH is 2. The number of aromatic amines is 1. The number of aliphatic hydroxyl groups is 2. The summed E-state index contributed by atoms with van der Waals surface area (Å²) in [6.45, 7) is 3.62. The molecule has 12 heteroatoms. The Labute approximate surface area is 212 Å². The molecule has 0 atom stereocenters. The zero-order valence-electron chi connectivity index (χ0n) is 20.9. The average molecular weight is 511 g/mol. The van der Waals surface area contributed by atoms with Crippen LogP contribution in [0, 0.1) is 6.92 Å². The lowest BCUT2D eigenvalue weighted by molar-refractivity contribution is 0.141. The highest BCUT2D eigenvalue weighted by atomic mass is 16.5. The molecule has 0 unspecified atom stereocenters. The molecule has 4 N–H and O–H groups in total. The van der Waals surface area contributed by atoms with Gasteiger partial charge in [-0.15, -0.1) is 0 Å². The standard InChI is InChI=1S/C25H30N6O6/c1-15-17-13-21(35-2)22(36-3)14-20(17)28-24(26-15)30-25-27-19-5-4-16(12-18(19)23(34)29-25)37-11-8-31(6-9-32)7-10-33/h4-5,12-14,32-33H,6-11H2,1-3H3,(H2,26,27,28,29,30,34). The van der Waals surface area contributed by atoms with Gasteiger partial charge in [-0.2, -0.15) is 0 Å². The van der Waals surface area contributed by atoms with E-state index in [0.29, 0.717) is 59.9 Å². The number of hydrogen-bond acceptors (Lipinski definition) is 11. The molecular formula is C25H30N6O6. The smallest absolute Gasteiger partial charge is 0.260 e. The molecule has 0 radical (unpaired) electrons. The maximum absolute atomic E-state index is 12.8. The molecule has 0 aliphatic carbocycles. The molecule has 0 aliphatic rings. The molecule has 37 heavy (non-hydrogen) atoms. The number of ether oxygens (including phenoxy) is 3. The molecule has 0 saturated carbocycles. The highest BCUT2D eigenvalue weighted by Gasteiger charge is 2.13. The monoisotopic (exact) mass is 510 g/mol. The second kappa shape index (κ2) is 11.8. The predicted molar refractivity (Wildman–Crippen MR) is 139 cm³/mol. The second-order valence-corrected chi connectivity index (χ2v) is 8.21. The minimum atomic E-state index is -0.343. The Morgan fingerprint density at radius 3 is 2.35 bits per heavy atom. The Balaban J connectivity index is 1.53. The van der Waals surface area contributed by atoms with Crippen molar-refractivity contribution in [1.82, 2.24) is 24.8 Å². The molecule has 0 fully saturated rings. The van der Waals surface area contributed by atoms with Gasteiger partial charge in [-0.3, -0.25) is 20.0 Å². The maximum atomic E-state index is 12.8. The van der Waals surface area contributed by atoms with Crippen molar-refractivity contribution in [2.75, 3.05) is 59.0 Å². The summed E-state index contributed by atoms with van der Waals surface area (Å²) in [6.07, 6.45) is 0. The third-order valence-electron chi connectivity index (χ3n) is 5.81. The fraction of sp³-hybridized carbons (Fsp3) is 0.360. The van der Waals surface area contributed by atoms with Gasteiger partial charge in [0.25, 0.3) is 5.56 Å². The molecule has 4 rings (SSSR count). The van der Waals surface area contributed by atoms with Crippen molar-refractivity contribution >= 4 is 33.7 Å². The van der Waals surface area contributed by atoms with Crippen molar-refractivity contribution < 1.29 is 24.4 Å². The zero-order chi connectivity index (χ0) is 26.4. The normalized spacial score (nSPS) is 11.3. The van der Waals surface area contributed by atoms with E-state index in [0.717, 1.165) is 11.1 Å². The summed E-state index contributed by atoms with van der Waals surface area (Å²) in [5, 5.41) is 22.4. The average Bonchev–Trinajstić information content (AvgIpc) is 2.88. The van der Waals surface area contributed by atoms with Crippen LogP contribution >= 0.6 is 0 Å². The molecule has 2 aromatic carbocycles. The first kappa shape index (κ1) is 26.1. The van der Waals surface area contributed by atoms with Crippen LogP contribution in [0.25, 0.3) is 21.8 Å². The molecule has 0 bridgehead atoms. The van der Waals surface area contributed by atoms with Gasteiger partial charge in [0.05, 0.1) is 49.5 Å². The van der Waals surface area contributed by atoms with Crippen LogP contribution in [0.2, 0.25) is 0 Å². The van der Waals surface area contributed by atoms with E-state index in [4.69, 9.17) is 24.4 Å². The van der Waals surface area contributed by atoms with Gasteiger partial charge < -0.3 is 24.4 Å². The molecule has 2 aromatic heterocycles. The largest absolute Gasteiger partial charge is 0.493 e. The van der Waals surface area contributed by atoms with Crippen LogP contribution in [0.15, 0.2) is 35.1 Å². The lowest BCUT2D eigenvalue weighted by atomic mass is 10.1. The minimum absolute atomic E-state index is 0.000143. The molecule has 0 saturated heterocycles. The SMILES string of the molecule is COc1cc2nc(Nc3nc4ccc(OCCN(CCO)CCO)cc4c(=O)[nH]3)nc(C)c2cc1OC. The highest BCUT2D eigenvalue weighted by molar-refractivity contribution is 5.86. The van der Waals surface area contributed by atoms with E-state index < -0.39 is 0 Å². The Morgan fingerprint density at radius 1 is 0.919 bits per heavy atom. The van der Waals surface area contributed by atoms with Gasteiger partial charge in [0, 0.05) is 31.1 Å². The van der Waals surface area contributed by atoms with E-state index in [9.17, 15) is 4.79 Å². The first-order chi connectivity index (χ1) is 17.9. The molecule has 0 aliphatic heterocycles. The fourth-order valence-electron chi connectivity index (χ4n) is 3.95. The van der Waals surface area contributed by atoms with Gasteiger partial charge >= 0.3 is 0 Å². The molecule has 2 heterocycles. The fourth-order valence-corrected chi connectivity index (χ4v) is 3.95. The Kier molecular flexibility index (Phi) is 8.33. The van der Waals surface area contributed by atoms with Crippen LogP contribution in [0.1, 0.15) is 5.69 Å². The van der Waals surface area contributed by atoms with Gasteiger partial charge in [0.2, 0.25) is 11.9 Å². The number of anilines is 2. The lowest BCUT2D eigenvalue weighted by Gasteiger charge is -2.20.